The molecule has 0 saturated carbocycles. The number of hydrogen-bond acceptors (Lipinski definition) is 6. The Morgan fingerprint density at radius 3 is 0.857 bits per heavy atom. The van der Waals surface area contributed by atoms with Crippen LogP contribution in [0.5, 0.6) is 0 Å². The van der Waals surface area contributed by atoms with E-state index in [1.807, 2.05) is 46.1 Å². The molecule has 0 aliphatic rings. The monoisotopic (exact) mass is 647 g/mol. The van der Waals surface area contributed by atoms with Crippen molar-refractivity contribution >= 4 is 51.5 Å². The van der Waals surface area contributed by atoms with E-state index in [1.165, 1.54) is 34.1 Å². The maximum Gasteiger partial charge on any atom is 0.373 e. The molecular weight excluding hydrogens is 592 g/mol. The first-order chi connectivity index (χ1) is 19.4. The molecule has 0 aliphatic heterocycles. The molecule has 4 rings (SSSR count). The van der Waals surface area contributed by atoms with Crippen LogP contribution in [0, 0.1) is 20.8 Å². The first-order valence-electron chi connectivity index (χ1n) is 14.7. The van der Waals surface area contributed by atoms with E-state index in [4.69, 9.17) is 11.0 Å². The predicted octanol–water partition coefficient (Wildman–Crippen LogP) is 12.5. The molecule has 6 heteroatoms. The highest BCUT2D eigenvalue weighted by molar-refractivity contribution is 7.12. The Morgan fingerprint density at radius 2 is 0.762 bits per heavy atom. The largest absolute Gasteiger partial charge is 0.373 e. The van der Waals surface area contributed by atoms with Gasteiger partial charge in [-0.3, -0.25) is 0 Å². The van der Waals surface area contributed by atoms with Gasteiger partial charge in [-0.1, -0.05) is 89.2 Å². The van der Waals surface area contributed by atoms with Crippen LogP contribution in [0.4, 0.5) is 0 Å². The van der Waals surface area contributed by atoms with Gasteiger partial charge in [-0.05, 0) is 90.3 Å². The number of thiophene rings is 4. The molecule has 0 aliphatic carbocycles. The van der Waals surface area contributed by atoms with E-state index in [-0.39, 0.29) is 11.6 Å². The average Bonchev–Trinajstić information content (AvgIpc) is 3.62. The van der Waals surface area contributed by atoms with Gasteiger partial charge in [-0.15, -0.1) is 45.3 Å². The Kier molecular flexibility index (Phi) is 15.9. The fourth-order valence-electron chi connectivity index (χ4n) is 3.16. The van der Waals surface area contributed by atoms with E-state index in [0.717, 1.165) is 0 Å². The van der Waals surface area contributed by atoms with Crippen LogP contribution in [0.3, 0.4) is 0 Å². The van der Waals surface area contributed by atoms with Gasteiger partial charge in [0.25, 0.3) is 0 Å². The van der Waals surface area contributed by atoms with Gasteiger partial charge in [-0.2, -0.15) is 9.59 Å². The van der Waals surface area contributed by atoms with Crippen molar-refractivity contribution in [3.05, 3.63) is 88.0 Å². The van der Waals surface area contributed by atoms with Gasteiger partial charge in [0.1, 0.15) is 0 Å². The van der Waals surface area contributed by atoms with E-state index >= 15 is 0 Å². The Labute approximate surface area is 274 Å². The first-order valence-corrected chi connectivity index (χ1v) is 17.4. The molecule has 4 aromatic rings. The third-order valence-corrected chi connectivity index (χ3v) is 11.2. The quantitative estimate of drug-likeness (QED) is 0.190. The number of aryl methyl sites for hydroxylation is 3. The fourth-order valence-corrected chi connectivity index (χ4v) is 6.64. The molecule has 0 N–H and O–H groups in total. The lowest BCUT2D eigenvalue weighted by molar-refractivity contribution is -0.191. The Balaban J connectivity index is 0.000000530. The van der Waals surface area contributed by atoms with Crippen molar-refractivity contribution in [1.29, 1.82) is 0 Å². The van der Waals surface area contributed by atoms with Crippen LogP contribution < -0.4 is 0 Å². The Morgan fingerprint density at radius 1 is 0.500 bits per heavy atom. The second-order valence-electron chi connectivity index (χ2n) is 14.2. The van der Waals surface area contributed by atoms with Crippen molar-refractivity contribution in [2.75, 3.05) is 0 Å². The summed E-state index contributed by atoms with van der Waals surface area (Å²) in [5.74, 6) is 0. The second-order valence-corrected chi connectivity index (χ2v) is 19.0. The molecule has 4 heterocycles. The Bertz CT molecular complexity index is 1170. The van der Waals surface area contributed by atoms with Crippen molar-refractivity contribution < 1.29 is 11.0 Å². The molecule has 0 fully saturated rings. The van der Waals surface area contributed by atoms with Crippen molar-refractivity contribution in [1.82, 2.24) is 0 Å². The summed E-state index contributed by atoms with van der Waals surface area (Å²) in [5, 5.41) is 0.657. The molecule has 0 aromatic carbocycles. The normalized spacial score (nSPS) is 11.6. The molecule has 0 saturated heterocycles. The van der Waals surface area contributed by atoms with Crippen LogP contribution in [0.1, 0.15) is 119 Å². The molecule has 0 amide bonds. The number of hydrogen-bond donors (Lipinski definition) is 0. The molecule has 234 valence electrons. The first kappa shape index (κ1) is 38.2. The molecule has 42 heavy (non-hydrogen) atoms. The maximum absolute atomic E-state index is 8.12. The van der Waals surface area contributed by atoms with Crippen LogP contribution in [-0.4, -0.2) is 6.15 Å². The SMILES string of the molecule is CC(C)(C)c1ccc([11CH3])s1.Cc1ccc(C(C)(C)C)s1.Cc1ccc(C(C)(C)C)s1.O=C=O.[3H]c1ccc(C(C)(C)C)s1. The van der Waals surface area contributed by atoms with Crippen molar-refractivity contribution in [3.8, 4) is 0 Å². The minimum absolute atomic E-state index is 0.212. The van der Waals surface area contributed by atoms with Crippen LogP contribution in [0.2, 0.25) is 0 Å². The van der Waals surface area contributed by atoms with Gasteiger partial charge in [-0.25, -0.2) is 0 Å². The summed E-state index contributed by atoms with van der Waals surface area (Å²) in [6.07, 6.45) is 0.250. The summed E-state index contributed by atoms with van der Waals surface area (Å²) >= 11 is 7.25. The van der Waals surface area contributed by atoms with Gasteiger partial charge >= 0.3 is 6.15 Å². The molecule has 4 aromatic heterocycles. The number of carbonyl (C=O) groups excluding carboxylic acids is 2. The topological polar surface area (TPSA) is 34.1 Å². The average molecular weight is 648 g/mol. The van der Waals surface area contributed by atoms with Crippen LogP contribution in [0.25, 0.3) is 0 Å². The van der Waals surface area contributed by atoms with Gasteiger partial charge < -0.3 is 0 Å². The van der Waals surface area contributed by atoms with Crippen LogP contribution in [-0.2, 0) is 31.2 Å². The zero-order chi connectivity index (χ0) is 33.8. The van der Waals surface area contributed by atoms with E-state index in [2.05, 4.69) is 140 Å². The highest BCUT2D eigenvalue weighted by atomic mass is 32.1. The third kappa shape index (κ3) is 16.7. The molecule has 0 atom stereocenters. The lowest BCUT2D eigenvalue weighted by atomic mass is 9.95. The lowest BCUT2D eigenvalue weighted by Crippen LogP contribution is -2.07. The summed E-state index contributed by atoms with van der Waals surface area (Å²) < 4.78 is 7.31. The maximum atomic E-state index is 8.12. The zero-order valence-corrected chi connectivity index (χ0v) is 31.8. The summed E-state index contributed by atoms with van der Waals surface area (Å²) in [7, 11) is 0. The molecule has 0 radical (unpaired) electrons. The van der Waals surface area contributed by atoms with Crippen LogP contribution in [0.15, 0.2) is 53.9 Å². The van der Waals surface area contributed by atoms with Gasteiger partial charge in [0, 0.05) is 34.1 Å². The van der Waals surface area contributed by atoms with E-state index in [1.54, 1.807) is 11.3 Å². The number of rotatable bonds is 0. The molecule has 0 bridgehead atoms. The predicted molar refractivity (Wildman–Crippen MR) is 191 cm³/mol. The molecule has 0 unspecified atom stereocenters. The molecule has 2 nitrogen and oxygen atoms in total. The lowest BCUT2D eigenvalue weighted by Gasteiger charge is -2.15. The minimum Gasteiger partial charge on any atom is -0.186 e. The highest BCUT2D eigenvalue weighted by Crippen LogP contribution is 2.30. The minimum atomic E-state index is 0.212. The van der Waals surface area contributed by atoms with Crippen LogP contribution >= 0.6 is 45.3 Å². The summed E-state index contributed by atoms with van der Waals surface area (Å²) in [5.41, 5.74) is 1.21. The van der Waals surface area contributed by atoms with Crippen molar-refractivity contribution in [3.63, 3.8) is 0 Å². The van der Waals surface area contributed by atoms with E-state index < -0.39 is 0 Å². The van der Waals surface area contributed by atoms with Gasteiger partial charge in [0.05, 0.1) is 1.37 Å². The van der Waals surface area contributed by atoms with Crippen molar-refractivity contribution in [2.45, 2.75) is 126 Å². The second kappa shape index (κ2) is 17.5. The fraction of sp³-hybridized carbons (Fsp3) is 0.528. The smallest absolute Gasteiger partial charge is 0.186 e. The third-order valence-electron chi connectivity index (χ3n) is 5.65. The zero-order valence-electron chi connectivity index (χ0n) is 29.6. The molecule has 0 spiro atoms. The summed E-state index contributed by atoms with van der Waals surface area (Å²) in [6.45, 7) is 33.2. The van der Waals surface area contributed by atoms with Gasteiger partial charge in [0.2, 0.25) is 0 Å². The standard InChI is InChI=1S/3C9H14S.C8H12S.CO2/c3*1-7-5-6-8(10-7)9(2,3)4;1-8(2,3)7-5-4-6-9-7;2-1-3/h3*5-6H,1-4H3;4-6H,1-3H3;/i1-1;;;6T;. The van der Waals surface area contributed by atoms with Crippen molar-refractivity contribution in [2.24, 2.45) is 0 Å². The summed E-state index contributed by atoms with van der Waals surface area (Å²) in [4.78, 5) is 26.2. The molecular formula is C36H54O2S4. The van der Waals surface area contributed by atoms with E-state index in [0.29, 0.717) is 21.6 Å². The Hall–Kier alpha value is -1.82. The van der Waals surface area contributed by atoms with Gasteiger partial charge in [0.15, 0.2) is 0 Å². The van der Waals surface area contributed by atoms with E-state index in [9.17, 15) is 0 Å². The summed E-state index contributed by atoms with van der Waals surface area (Å²) in [6, 6.07) is 17.1. The highest BCUT2D eigenvalue weighted by Gasteiger charge is 2.16.